The Bertz CT molecular complexity index is 571. The number of rotatable bonds is 3. The van der Waals surface area contributed by atoms with Gasteiger partial charge in [-0.25, -0.2) is 0 Å². The molecule has 0 amide bonds. The monoisotopic (exact) mass is 240 g/mol. The molecular weight excluding hydrogens is 224 g/mol. The fourth-order valence-corrected chi connectivity index (χ4v) is 1.92. The molecule has 2 nitrogen and oxygen atoms in total. The Kier molecular flexibility index (Phi) is 3.68. The molecule has 2 aromatic carbocycles. The Morgan fingerprint density at radius 3 is 2.39 bits per heavy atom. The molecule has 0 radical (unpaired) electrons. The molecular formula is C16H16O2. The Labute approximate surface area is 107 Å². The van der Waals surface area contributed by atoms with E-state index in [1.165, 1.54) is 0 Å². The van der Waals surface area contributed by atoms with Crippen molar-refractivity contribution in [2.45, 2.75) is 13.3 Å². The third-order valence-electron chi connectivity index (χ3n) is 2.78. The minimum Gasteiger partial charge on any atom is -0.507 e. The molecule has 18 heavy (non-hydrogen) atoms. The lowest BCUT2D eigenvalue weighted by Gasteiger charge is -2.10. The molecule has 2 N–H and O–H groups in total. The molecule has 0 aliphatic rings. The van der Waals surface area contributed by atoms with Gasteiger partial charge in [-0.15, -0.1) is 0 Å². The highest BCUT2D eigenvalue weighted by Crippen LogP contribution is 2.38. The largest absolute Gasteiger partial charge is 0.507 e. The van der Waals surface area contributed by atoms with Crippen LogP contribution in [0.15, 0.2) is 48.5 Å². The van der Waals surface area contributed by atoms with Crippen LogP contribution < -0.4 is 0 Å². The van der Waals surface area contributed by atoms with Crippen LogP contribution in [0.4, 0.5) is 0 Å². The van der Waals surface area contributed by atoms with Crippen molar-refractivity contribution in [3.8, 4) is 22.6 Å². The summed E-state index contributed by atoms with van der Waals surface area (Å²) in [5.74, 6) is 0.347. The molecule has 0 unspecified atom stereocenters. The van der Waals surface area contributed by atoms with E-state index in [0.29, 0.717) is 11.1 Å². The average Bonchev–Trinajstić information content (AvgIpc) is 2.38. The maximum absolute atomic E-state index is 10.0. The van der Waals surface area contributed by atoms with Crippen molar-refractivity contribution in [3.63, 3.8) is 0 Å². The van der Waals surface area contributed by atoms with E-state index in [0.717, 1.165) is 12.0 Å². The topological polar surface area (TPSA) is 40.5 Å². The second-order valence-electron chi connectivity index (χ2n) is 4.07. The Morgan fingerprint density at radius 2 is 1.67 bits per heavy atom. The highest BCUT2D eigenvalue weighted by molar-refractivity contribution is 5.83. The Balaban J connectivity index is 2.63. The quantitative estimate of drug-likeness (QED) is 0.844. The molecule has 0 atom stereocenters. The fourth-order valence-electron chi connectivity index (χ4n) is 1.92. The normalized spacial score (nSPS) is 10.9. The van der Waals surface area contributed by atoms with Gasteiger partial charge in [0.05, 0.1) is 0 Å². The summed E-state index contributed by atoms with van der Waals surface area (Å²) < 4.78 is 0. The molecule has 0 saturated carbocycles. The minimum absolute atomic E-state index is 0.171. The molecule has 2 heteroatoms. The van der Waals surface area contributed by atoms with E-state index < -0.39 is 0 Å². The molecule has 0 heterocycles. The highest BCUT2D eigenvalue weighted by Gasteiger charge is 2.11. The number of hydrogen-bond donors (Lipinski definition) is 2. The summed E-state index contributed by atoms with van der Waals surface area (Å²) in [7, 11) is 0. The van der Waals surface area contributed by atoms with Gasteiger partial charge in [-0.1, -0.05) is 49.4 Å². The molecule has 0 saturated heterocycles. The van der Waals surface area contributed by atoms with Crippen molar-refractivity contribution in [2.24, 2.45) is 0 Å². The van der Waals surface area contributed by atoms with Gasteiger partial charge in [0, 0.05) is 11.1 Å². The van der Waals surface area contributed by atoms with Gasteiger partial charge in [0.25, 0.3) is 0 Å². The lowest BCUT2D eigenvalue weighted by molar-refractivity contribution is 0.469. The zero-order valence-electron chi connectivity index (χ0n) is 10.3. The van der Waals surface area contributed by atoms with E-state index in [9.17, 15) is 10.2 Å². The van der Waals surface area contributed by atoms with E-state index in [-0.39, 0.29) is 11.5 Å². The predicted molar refractivity (Wildman–Crippen MR) is 74.5 cm³/mol. The first-order chi connectivity index (χ1) is 8.74. The fraction of sp³-hybridized carbons (Fsp3) is 0.125. The van der Waals surface area contributed by atoms with E-state index in [1.807, 2.05) is 24.3 Å². The number of phenols is 2. The number of hydrogen-bond acceptors (Lipinski definition) is 2. The smallest absolute Gasteiger partial charge is 0.124 e. The van der Waals surface area contributed by atoms with Crippen LogP contribution in [0.5, 0.6) is 11.5 Å². The summed E-state index contributed by atoms with van der Waals surface area (Å²) in [5, 5.41) is 19.9. The van der Waals surface area contributed by atoms with Crippen molar-refractivity contribution < 1.29 is 10.2 Å². The molecule has 0 fully saturated rings. The lowest BCUT2D eigenvalue weighted by Crippen LogP contribution is -1.85. The highest BCUT2D eigenvalue weighted by atomic mass is 16.3. The van der Waals surface area contributed by atoms with Crippen LogP contribution in [-0.2, 0) is 0 Å². The van der Waals surface area contributed by atoms with Crippen LogP contribution in [-0.4, -0.2) is 10.2 Å². The second kappa shape index (κ2) is 5.41. The van der Waals surface area contributed by atoms with E-state index in [1.54, 1.807) is 30.3 Å². The summed E-state index contributed by atoms with van der Waals surface area (Å²) >= 11 is 0. The summed E-state index contributed by atoms with van der Waals surface area (Å²) in [6.07, 6.45) is 4.91. The number of allylic oxidation sites excluding steroid dienone is 1. The summed E-state index contributed by atoms with van der Waals surface area (Å²) in [6, 6.07) is 12.4. The van der Waals surface area contributed by atoms with Gasteiger partial charge in [-0.05, 0) is 24.1 Å². The Hall–Kier alpha value is -2.22. The van der Waals surface area contributed by atoms with Crippen LogP contribution in [0.3, 0.4) is 0 Å². The maximum atomic E-state index is 10.0. The maximum Gasteiger partial charge on any atom is 0.124 e. The predicted octanol–water partition coefficient (Wildman–Crippen LogP) is 4.19. The van der Waals surface area contributed by atoms with Gasteiger partial charge in [0.1, 0.15) is 11.5 Å². The third kappa shape index (κ3) is 2.38. The van der Waals surface area contributed by atoms with E-state index >= 15 is 0 Å². The first kappa shape index (κ1) is 12.2. The van der Waals surface area contributed by atoms with Crippen molar-refractivity contribution in [1.29, 1.82) is 0 Å². The summed E-state index contributed by atoms with van der Waals surface area (Å²) in [4.78, 5) is 0. The molecule has 2 rings (SSSR count). The van der Waals surface area contributed by atoms with Gasteiger partial charge in [-0.2, -0.15) is 0 Å². The van der Waals surface area contributed by atoms with Crippen LogP contribution in [0, 0.1) is 0 Å². The second-order valence-corrected chi connectivity index (χ2v) is 4.07. The third-order valence-corrected chi connectivity index (χ3v) is 2.78. The standard InChI is InChI=1S/C16H16O2/c1-2-3-7-12-8-6-11-15(18)16(12)13-9-4-5-10-14(13)17/h3-11,17-18H,2H2,1H3. The van der Waals surface area contributed by atoms with Gasteiger partial charge in [-0.3, -0.25) is 0 Å². The Morgan fingerprint density at radius 1 is 0.944 bits per heavy atom. The van der Waals surface area contributed by atoms with Gasteiger partial charge in [0.15, 0.2) is 0 Å². The minimum atomic E-state index is 0.171. The molecule has 92 valence electrons. The number of para-hydroxylation sites is 1. The van der Waals surface area contributed by atoms with Crippen molar-refractivity contribution >= 4 is 6.08 Å². The molecule has 2 aromatic rings. The molecule has 0 spiro atoms. The molecule has 0 aromatic heterocycles. The van der Waals surface area contributed by atoms with Gasteiger partial charge < -0.3 is 10.2 Å². The van der Waals surface area contributed by atoms with Gasteiger partial charge in [0.2, 0.25) is 0 Å². The van der Waals surface area contributed by atoms with Crippen molar-refractivity contribution in [2.75, 3.05) is 0 Å². The first-order valence-electron chi connectivity index (χ1n) is 6.01. The molecule has 0 aliphatic carbocycles. The van der Waals surface area contributed by atoms with Gasteiger partial charge >= 0.3 is 0 Å². The summed E-state index contributed by atoms with van der Waals surface area (Å²) in [5.41, 5.74) is 2.21. The van der Waals surface area contributed by atoms with E-state index in [4.69, 9.17) is 0 Å². The van der Waals surface area contributed by atoms with Crippen molar-refractivity contribution in [1.82, 2.24) is 0 Å². The van der Waals surface area contributed by atoms with Crippen molar-refractivity contribution in [3.05, 3.63) is 54.1 Å². The molecule has 0 aliphatic heterocycles. The number of benzene rings is 2. The number of aromatic hydroxyl groups is 2. The van der Waals surface area contributed by atoms with Crippen LogP contribution >= 0.6 is 0 Å². The van der Waals surface area contributed by atoms with E-state index in [2.05, 4.69) is 6.92 Å². The number of phenolic OH excluding ortho intramolecular Hbond substituents is 2. The zero-order chi connectivity index (χ0) is 13.0. The first-order valence-corrected chi connectivity index (χ1v) is 6.01. The van der Waals surface area contributed by atoms with Crippen LogP contribution in [0.25, 0.3) is 17.2 Å². The van der Waals surface area contributed by atoms with Crippen LogP contribution in [0.2, 0.25) is 0 Å². The SMILES string of the molecule is CCC=Cc1cccc(O)c1-c1ccccc1O. The molecule has 0 bridgehead atoms. The zero-order valence-corrected chi connectivity index (χ0v) is 10.3. The average molecular weight is 240 g/mol. The summed E-state index contributed by atoms with van der Waals surface area (Å²) in [6.45, 7) is 2.05. The lowest BCUT2D eigenvalue weighted by atomic mass is 9.97. The van der Waals surface area contributed by atoms with Crippen LogP contribution in [0.1, 0.15) is 18.9 Å².